The van der Waals surface area contributed by atoms with Gasteiger partial charge in [-0.25, -0.2) is 0 Å². The normalized spacial score (nSPS) is 19.9. The van der Waals surface area contributed by atoms with Crippen LogP contribution < -0.4 is 5.73 Å². The molecule has 1 rings (SSSR count). The minimum absolute atomic E-state index is 0.278. The quantitative estimate of drug-likeness (QED) is 0.238. The molecule has 1 saturated heterocycles. The van der Waals surface area contributed by atoms with Gasteiger partial charge in [0.25, 0.3) is 21.9 Å². The van der Waals surface area contributed by atoms with Crippen molar-refractivity contribution in [2.75, 3.05) is 6.54 Å². The third-order valence-electron chi connectivity index (χ3n) is 1.61. The predicted molar refractivity (Wildman–Crippen MR) is 50.3 cm³/mol. The zero-order chi connectivity index (χ0) is 13.8. The Morgan fingerprint density at radius 3 is 2.00 bits per heavy atom. The fourth-order valence-corrected chi connectivity index (χ4v) is 1.53. The molecule has 0 aromatic carbocycles. The minimum Gasteiger partial charge on any atom is -0.480 e. The number of carboxylic acids is 1. The van der Waals surface area contributed by atoms with Crippen molar-refractivity contribution < 1.29 is 37.7 Å². The summed E-state index contributed by atoms with van der Waals surface area (Å²) in [4.78, 5) is 30.4. The van der Waals surface area contributed by atoms with E-state index in [0.29, 0.717) is 0 Å². The van der Waals surface area contributed by atoms with Crippen LogP contribution in [0.4, 0.5) is 0 Å². The molecule has 5 N–H and O–H groups in total. The Kier molecular flexibility index (Phi) is 5.15. The molecule has 10 nitrogen and oxygen atoms in total. The van der Waals surface area contributed by atoms with Gasteiger partial charge in [-0.2, -0.15) is 13.5 Å². The van der Waals surface area contributed by atoms with E-state index >= 15 is 0 Å². The highest BCUT2D eigenvalue weighted by Gasteiger charge is 2.45. The highest BCUT2D eigenvalue weighted by Crippen LogP contribution is 2.16. The van der Waals surface area contributed by atoms with Gasteiger partial charge in [0.15, 0.2) is 5.25 Å². The molecule has 1 aliphatic rings. The van der Waals surface area contributed by atoms with Crippen LogP contribution in [0.3, 0.4) is 0 Å². The maximum absolute atomic E-state index is 10.7. The Morgan fingerprint density at radius 1 is 1.47 bits per heavy atom. The summed E-state index contributed by atoms with van der Waals surface area (Å²) in [5, 5.41) is 14.0. The van der Waals surface area contributed by atoms with Crippen LogP contribution in [0.25, 0.3) is 0 Å². The predicted octanol–water partition coefficient (Wildman–Crippen LogP) is -2.58. The number of hydrogen-bond acceptors (Lipinski definition) is 7. The van der Waals surface area contributed by atoms with Gasteiger partial charge in [0.05, 0.1) is 13.0 Å². The van der Waals surface area contributed by atoms with E-state index in [1.807, 2.05) is 0 Å². The van der Waals surface area contributed by atoms with E-state index in [0.717, 1.165) is 0 Å². The summed E-state index contributed by atoms with van der Waals surface area (Å²) in [7, 11) is -4.59. The van der Waals surface area contributed by atoms with Gasteiger partial charge < -0.3 is 10.8 Å². The summed E-state index contributed by atoms with van der Waals surface area (Å²) in [6.07, 6.45) is -0.714. The largest absolute Gasteiger partial charge is 0.480 e. The maximum Gasteiger partial charge on any atom is 0.317 e. The average Bonchev–Trinajstić information content (AvgIpc) is 2.46. The number of amides is 2. The highest BCUT2D eigenvalue weighted by atomic mass is 32.2. The van der Waals surface area contributed by atoms with E-state index < -0.39 is 39.6 Å². The lowest BCUT2D eigenvalue weighted by atomic mass is 10.4. The van der Waals surface area contributed by atoms with E-state index in [9.17, 15) is 22.8 Å². The number of nitrogens with zero attached hydrogens (tertiary/aromatic N) is 1. The smallest absolute Gasteiger partial charge is 0.317 e. The molecule has 98 valence electrons. The topological polar surface area (TPSA) is 175 Å². The van der Waals surface area contributed by atoms with E-state index in [4.69, 9.17) is 14.9 Å². The Hall–Kier alpha value is -1.56. The van der Waals surface area contributed by atoms with Gasteiger partial charge in [0, 0.05) is 0 Å². The van der Waals surface area contributed by atoms with Crippen molar-refractivity contribution in [3.63, 3.8) is 0 Å². The van der Waals surface area contributed by atoms with Gasteiger partial charge in [-0.05, 0) is 0 Å². The molecule has 17 heavy (non-hydrogen) atoms. The lowest BCUT2D eigenvalue weighted by Crippen LogP contribution is -2.32. The molecule has 1 unspecified atom stereocenters. The van der Waals surface area contributed by atoms with Crippen molar-refractivity contribution in [3.05, 3.63) is 0 Å². The lowest BCUT2D eigenvalue weighted by Gasteiger charge is -2.02. The Labute approximate surface area is 95.3 Å². The van der Waals surface area contributed by atoms with Crippen molar-refractivity contribution in [1.29, 1.82) is 0 Å². The summed E-state index contributed by atoms with van der Waals surface area (Å²) >= 11 is 0. The number of rotatable bonds is 2. The molecule has 1 heterocycles. The third kappa shape index (κ3) is 4.44. The van der Waals surface area contributed by atoms with E-state index in [1.54, 1.807) is 0 Å². The second kappa shape index (κ2) is 5.67. The van der Waals surface area contributed by atoms with Gasteiger partial charge >= 0.3 is 5.97 Å². The summed E-state index contributed by atoms with van der Waals surface area (Å²) in [6, 6.07) is 0. The number of aliphatic carboxylic acids is 1. The maximum atomic E-state index is 10.7. The Bertz CT molecular complexity index is 429. The molecule has 0 aromatic rings. The number of carbonyl (C=O) groups is 3. The van der Waals surface area contributed by atoms with Crippen LogP contribution in [0.1, 0.15) is 6.42 Å². The molecule has 1 fully saturated rings. The Balaban J connectivity index is 0.000000437. The van der Waals surface area contributed by atoms with Crippen molar-refractivity contribution in [2.45, 2.75) is 11.7 Å². The zero-order valence-corrected chi connectivity index (χ0v) is 9.12. The van der Waals surface area contributed by atoms with Crippen molar-refractivity contribution in [2.24, 2.45) is 5.73 Å². The summed E-state index contributed by atoms with van der Waals surface area (Å²) < 4.78 is 29.1. The highest BCUT2D eigenvalue weighted by molar-refractivity contribution is 7.87. The number of hydroxylamine groups is 2. The number of carbonyl (C=O) groups excluding carboxylic acids is 2. The van der Waals surface area contributed by atoms with E-state index in [2.05, 4.69) is 5.73 Å². The van der Waals surface area contributed by atoms with Crippen molar-refractivity contribution in [3.8, 4) is 0 Å². The number of carboxylic acid groups (broad SMARTS) is 1. The number of hydrogen-bond donors (Lipinski definition) is 4. The van der Waals surface area contributed by atoms with Crippen LogP contribution in [0, 0.1) is 0 Å². The second-order valence-electron chi connectivity index (χ2n) is 2.85. The first kappa shape index (κ1) is 15.4. The van der Waals surface area contributed by atoms with Crippen molar-refractivity contribution >= 4 is 27.9 Å². The minimum atomic E-state index is -4.59. The fourth-order valence-electron chi connectivity index (χ4n) is 0.824. The van der Waals surface area contributed by atoms with Crippen LogP contribution >= 0.6 is 0 Å². The molecule has 0 radical (unpaired) electrons. The van der Waals surface area contributed by atoms with E-state index in [-0.39, 0.29) is 11.6 Å². The van der Waals surface area contributed by atoms with Gasteiger partial charge in [-0.3, -0.25) is 24.1 Å². The fraction of sp³-hybridized carbons (Fsp3) is 0.500. The lowest BCUT2D eigenvalue weighted by molar-refractivity contribution is -0.171. The van der Waals surface area contributed by atoms with Gasteiger partial charge in [0.2, 0.25) is 0 Å². The zero-order valence-electron chi connectivity index (χ0n) is 8.31. The molecule has 1 aliphatic heterocycles. The molecule has 0 saturated carbocycles. The molecule has 0 spiro atoms. The standard InChI is InChI=1S/C4H5NO6S.C2H5NO2/c6-3-1-2(12(9,10)11)4(7)5(3)8;3-1-2(4)5/h2,8H,1H2,(H,9,10,11);1,3H2,(H,4,5). The third-order valence-corrected chi connectivity index (χ3v) is 2.70. The first-order valence-electron chi connectivity index (χ1n) is 4.05. The molecule has 0 bridgehead atoms. The van der Waals surface area contributed by atoms with Crippen LogP contribution in [0.2, 0.25) is 0 Å². The summed E-state index contributed by atoms with van der Waals surface area (Å²) in [6.45, 7) is -0.278. The Morgan fingerprint density at radius 2 is 1.88 bits per heavy atom. The van der Waals surface area contributed by atoms with Crippen molar-refractivity contribution in [1.82, 2.24) is 5.06 Å². The SMILES string of the molecule is NCC(=O)O.O=C1CC(S(=O)(=O)O)C(=O)N1O. The monoisotopic (exact) mass is 270 g/mol. The number of imide groups is 1. The van der Waals surface area contributed by atoms with Crippen LogP contribution in [0.15, 0.2) is 0 Å². The van der Waals surface area contributed by atoms with Gasteiger partial charge in [-0.15, -0.1) is 0 Å². The molecular weight excluding hydrogens is 260 g/mol. The molecular formula is C6H10N2O8S. The summed E-state index contributed by atoms with van der Waals surface area (Å²) in [5.74, 6) is -3.32. The van der Waals surface area contributed by atoms with Crippen LogP contribution in [-0.4, -0.2) is 57.9 Å². The molecule has 0 aliphatic carbocycles. The summed E-state index contributed by atoms with van der Waals surface area (Å²) in [5.41, 5.74) is 4.57. The molecule has 1 atom stereocenters. The second-order valence-corrected chi connectivity index (χ2v) is 4.45. The molecule has 0 aromatic heterocycles. The molecule has 2 amide bonds. The average molecular weight is 270 g/mol. The number of nitrogens with two attached hydrogens (primary N) is 1. The molecule has 11 heteroatoms. The first-order chi connectivity index (χ1) is 7.61. The van der Waals surface area contributed by atoms with Gasteiger partial charge in [0.1, 0.15) is 0 Å². The van der Waals surface area contributed by atoms with E-state index in [1.165, 1.54) is 0 Å². The van der Waals surface area contributed by atoms with Gasteiger partial charge in [-0.1, -0.05) is 0 Å². The van der Waals surface area contributed by atoms with Crippen LogP contribution in [0.5, 0.6) is 0 Å². The first-order valence-corrected chi connectivity index (χ1v) is 5.55. The van der Waals surface area contributed by atoms with Crippen LogP contribution in [-0.2, 0) is 24.5 Å².